The second-order valence-electron chi connectivity index (χ2n) is 5.58. The number of aliphatic hydroxyl groups is 1. The van der Waals surface area contributed by atoms with Crippen molar-refractivity contribution in [1.82, 2.24) is 4.90 Å². The van der Waals surface area contributed by atoms with Crippen LogP contribution in [0.15, 0.2) is 18.2 Å². The molecule has 0 saturated carbocycles. The molecule has 2 atom stereocenters. The Labute approximate surface area is 114 Å². The molecule has 1 N–H and O–H groups in total. The molecule has 0 aromatic heterocycles. The van der Waals surface area contributed by atoms with Gasteiger partial charge in [0.05, 0.1) is 6.10 Å². The van der Waals surface area contributed by atoms with Crippen molar-refractivity contribution in [3.8, 4) is 0 Å². The third-order valence-corrected chi connectivity index (χ3v) is 3.37. The lowest BCUT2D eigenvalue weighted by Gasteiger charge is -2.28. The van der Waals surface area contributed by atoms with E-state index in [0.29, 0.717) is 5.92 Å². The van der Waals surface area contributed by atoms with E-state index < -0.39 is 17.7 Å². The molecular weight excluding hydrogens is 248 g/mol. The molecule has 2 unspecified atom stereocenters. The van der Waals surface area contributed by atoms with Crippen molar-refractivity contribution in [3.05, 3.63) is 35.4 Å². The minimum absolute atomic E-state index is 0.0172. The maximum absolute atomic E-state index is 13.6. The zero-order valence-electron chi connectivity index (χ0n) is 12.0. The van der Waals surface area contributed by atoms with Crippen LogP contribution < -0.4 is 0 Å². The largest absolute Gasteiger partial charge is 0.387 e. The van der Waals surface area contributed by atoms with Crippen molar-refractivity contribution < 1.29 is 13.9 Å². The second kappa shape index (κ2) is 6.96. The Morgan fingerprint density at radius 1 is 1.21 bits per heavy atom. The zero-order valence-corrected chi connectivity index (χ0v) is 12.0. The number of benzene rings is 1. The van der Waals surface area contributed by atoms with Crippen LogP contribution >= 0.6 is 0 Å². The lowest BCUT2D eigenvalue weighted by atomic mass is 10.0. The quantitative estimate of drug-likeness (QED) is 0.857. The van der Waals surface area contributed by atoms with Crippen LogP contribution in [0.25, 0.3) is 0 Å². The van der Waals surface area contributed by atoms with E-state index in [9.17, 15) is 13.9 Å². The van der Waals surface area contributed by atoms with Crippen molar-refractivity contribution in [2.75, 3.05) is 13.6 Å². The molecule has 0 fully saturated rings. The molecule has 1 rings (SSSR count). The van der Waals surface area contributed by atoms with Crippen molar-refractivity contribution in [3.63, 3.8) is 0 Å². The fourth-order valence-electron chi connectivity index (χ4n) is 2.19. The molecule has 108 valence electrons. The van der Waals surface area contributed by atoms with E-state index in [4.69, 9.17) is 0 Å². The Morgan fingerprint density at radius 3 is 2.42 bits per heavy atom. The van der Waals surface area contributed by atoms with Gasteiger partial charge in [0.2, 0.25) is 0 Å². The summed E-state index contributed by atoms with van der Waals surface area (Å²) in [4.78, 5) is 1.97. The van der Waals surface area contributed by atoms with E-state index in [0.717, 1.165) is 12.5 Å². The molecule has 0 saturated heterocycles. The minimum atomic E-state index is -1.02. The van der Waals surface area contributed by atoms with Crippen molar-refractivity contribution in [2.24, 2.45) is 5.92 Å². The summed E-state index contributed by atoms with van der Waals surface area (Å²) in [5.41, 5.74) is 0.0172. The van der Waals surface area contributed by atoms with Crippen molar-refractivity contribution in [2.45, 2.75) is 39.3 Å². The summed E-state index contributed by atoms with van der Waals surface area (Å²) < 4.78 is 26.7. The van der Waals surface area contributed by atoms with Gasteiger partial charge >= 0.3 is 0 Å². The molecule has 0 radical (unpaired) electrons. The van der Waals surface area contributed by atoms with E-state index >= 15 is 0 Å². The van der Waals surface area contributed by atoms with Gasteiger partial charge in [-0.2, -0.15) is 0 Å². The summed E-state index contributed by atoms with van der Waals surface area (Å²) >= 11 is 0. The van der Waals surface area contributed by atoms with E-state index in [1.807, 2.05) is 11.9 Å². The first-order valence-electron chi connectivity index (χ1n) is 6.65. The molecule has 1 aromatic rings. The molecule has 2 nitrogen and oxygen atoms in total. The molecule has 0 bridgehead atoms. The normalized spacial score (nSPS) is 15.0. The van der Waals surface area contributed by atoms with E-state index in [-0.39, 0.29) is 18.2 Å². The topological polar surface area (TPSA) is 23.5 Å². The third kappa shape index (κ3) is 4.55. The van der Waals surface area contributed by atoms with Crippen LogP contribution in [0.5, 0.6) is 0 Å². The highest BCUT2D eigenvalue weighted by Crippen LogP contribution is 2.21. The number of rotatable bonds is 6. The Balaban J connectivity index is 2.68. The maximum Gasteiger partial charge on any atom is 0.164 e. The summed E-state index contributed by atoms with van der Waals surface area (Å²) in [7, 11) is 1.88. The number of nitrogens with zero attached hydrogens (tertiary/aromatic N) is 1. The molecule has 0 aliphatic heterocycles. The standard InChI is InChI=1S/C15H23F2NO/c1-10(2)8-11(3)18(4)9-14(19)12-6-5-7-13(16)15(12)17/h5-7,10-11,14,19H,8-9H2,1-4H3. The molecule has 0 heterocycles. The van der Waals surface area contributed by atoms with Gasteiger partial charge in [0, 0.05) is 18.2 Å². The van der Waals surface area contributed by atoms with E-state index in [1.165, 1.54) is 12.1 Å². The Bertz CT molecular complexity index is 409. The molecule has 19 heavy (non-hydrogen) atoms. The molecule has 4 heteroatoms. The van der Waals surface area contributed by atoms with Gasteiger partial charge in [-0.15, -0.1) is 0 Å². The first-order valence-corrected chi connectivity index (χ1v) is 6.65. The van der Waals surface area contributed by atoms with Gasteiger partial charge < -0.3 is 10.0 Å². The molecule has 0 aliphatic rings. The third-order valence-electron chi connectivity index (χ3n) is 3.37. The number of likely N-dealkylation sites (N-methyl/N-ethyl adjacent to an activating group) is 1. The number of hydrogen-bond acceptors (Lipinski definition) is 2. The smallest absolute Gasteiger partial charge is 0.164 e. The van der Waals surface area contributed by atoms with Gasteiger partial charge in [0.1, 0.15) is 0 Å². The Morgan fingerprint density at radius 2 is 1.84 bits per heavy atom. The fourth-order valence-corrected chi connectivity index (χ4v) is 2.19. The Kier molecular flexibility index (Phi) is 5.88. The van der Waals surface area contributed by atoms with Gasteiger partial charge in [0.25, 0.3) is 0 Å². The highest BCUT2D eigenvalue weighted by atomic mass is 19.2. The number of aliphatic hydroxyl groups excluding tert-OH is 1. The predicted molar refractivity (Wildman–Crippen MR) is 72.9 cm³/mol. The van der Waals surface area contributed by atoms with Crippen LogP contribution in [0.2, 0.25) is 0 Å². The van der Waals surface area contributed by atoms with Gasteiger partial charge in [-0.1, -0.05) is 26.0 Å². The highest BCUT2D eigenvalue weighted by Gasteiger charge is 2.20. The average Bonchev–Trinajstić information content (AvgIpc) is 2.31. The lowest BCUT2D eigenvalue weighted by Crippen LogP contribution is -2.34. The van der Waals surface area contributed by atoms with Gasteiger partial charge in [0.15, 0.2) is 11.6 Å². The van der Waals surface area contributed by atoms with Crippen LogP contribution in [-0.4, -0.2) is 29.6 Å². The first kappa shape index (κ1) is 16.1. The summed E-state index contributed by atoms with van der Waals surface area (Å²) in [6, 6.07) is 4.17. The molecule has 0 aliphatic carbocycles. The average molecular weight is 271 g/mol. The summed E-state index contributed by atoms with van der Waals surface area (Å²) in [6.45, 7) is 6.61. The Hall–Kier alpha value is -1.00. The summed E-state index contributed by atoms with van der Waals surface area (Å²) in [5, 5.41) is 10.0. The second-order valence-corrected chi connectivity index (χ2v) is 5.58. The number of halogens is 2. The molecular formula is C15H23F2NO. The van der Waals surface area contributed by atoms with Crippen molar-refractivity contribution >= 4 is 0 Å². The van der Waals surface area contributed by atoms with Gasteiger partial charge in [-0.05, 0) is 32.4 Å². The monoisotopic (exact) mass is 271 g/mol. The molecule has 0 spiro atoms. The van der Waals surface area contributed by atoms with Crippen LogP contribution in [-0.2, 0) is 0 Å². The van der Waals surface area contributed by atoms with Gasteiger partial charge in [-0.3, -0.25) is 0 Å². The fraction of sp³-hybridized carbons (Fsp3) is 0.600. The van der Waals surface area contributed by atoms with Crippen LogP contribution in [0.4, 0.5) is 8.78 Å². The summed E-state index contributed by atoms with van der Waals surface area (Å²) in [6.07, 6.45) is -0.0233. The van der Waals surface area contributed by atoms with Crippen molar-refractivity contribution in [1.29, 1.82) is 0 Å². The van der Waals surface area contributed by atoms with Crippen LogP contribution in [0.1, 0.15) is 38.9 Å². The predicted octanol–water partition coefficient (Wildman–Crippen LogP) is 3.36. The molecule has 1 aromatic carbocycles. The first-order chi connectivity index (χ1) is 8.82. The lowest BCUT2D eigenvalue weighted by molar-refractivity contribution is 0.0990. The number of hydrogen-bond donors (Lipinski definition) is 1. The van der Waals surface area contributed by atoms with E-state index in [1.54, 1.807) is 0 Å². The van der Waals surface area contributed by atoms with Crippen LogP contribution in [0.3, 0.4) is 0 Å². The van der Waals surface area contributed by atoms with E-state index in [2.05, 4.69) is 20.8 Å². The SMILES string of the molecule is CC(C)CC(C)N(C)CC(O)c1cccc(F)c1F. The highest BCUT2D eigenvalue weighted by molar-refractivity contribution is 5.21. The minimum Gasteiger partial charge on any atom is -0.387 e. The van der Waals surface area contributed by atoms with Gasteiger partial charge in [-0.25, -0.2) is 8.78 Å². The van der Waals surface area contributed by atoms with Crippen LogP contribution in [0, 0.1) is 17.6 Å². The zero-order chi connectivity index (χ0) is 14.6. The maximum atomic E-state index is 13.6. The summed E-state index contributed by atoms with van der Waals surface area (Å²) in [5.74, 6) is -1.32. The molecule has 0 amide bonds.